The molecule has 0 unspecified atom stereocenters. The summed E-state index contributed by atoms with van der Waals surface area (Å²) < 4.78 is 0. The van der Waals surface area contributed by atoms with E-state index in [1.807, 2.05) is 0 Å². The Kier molecular flexibility index (Phi) is 31.1. The van der Waals surface area contributed by atoms with Crippen molar-refractivity contribution in [3.05, 3.63) is 42.0 Å². The van der Waals surface area contributed by atoms with Crippen molar-refractivity contribution in [2.75, 3.05) is 18.5 Å². The summed E-state index contributed by atoms with van der Waals surface area (Å²) in [5.41, 5.74) is 3.03. The van der Waals surface area contributed by atoms with E-state index in [0.717, 1.165) is 0 Å². The van der Waals surface area contributed by atoms with Crippen LogP contribution in [0.15, 0.2) is 30.8 Å². The Bertz CT molecular complexity index is 706. The van der Waals surface area contributed by atoms with Gasteiger partial charge < -0.3 is 0 Å². The molecule has 0 aliphatic carbocycles. The molecule has 0 heterocycles. The fraction of sp³-hybridized carbons (Fsp3) is 0.822. The van der Waals surface area contributed by atoms with Crippen molar-refractivity contribution in [2.24, 2.45) is 0 Å². The molecule has 0 atom stereocenters. The third-order valence-corrected chi connectivity index (χ3v) is 16.4. The van der Waals surface area contributed by atoms with E-state index in [2.05, 4.69) is 57.7 Å². The van der Waals surface area contributed by atoms with Crippen LogP contribution < -0.4 is 0 Å². The normalized spacial score (nSPS) is 12.2. The van der Waals surface area contributed by atoms with Gasteiger partial charge in [0.2, 0.25) is 0 Å². The standard InChI is InChI=1S/C45H85P/c1-5-9-12-15-18-21-24-27-30-35-40-46(43-45-39-34-33-38-44(45)8-4,41-36-31-28-25-22-19-16-13-10-6-2)42-37-32-29-26-23-20-17-14-11-7-3/h8,33-34,38-39,46H,4-7,9-32,35-37,40-43H2,1-3H3. The van der Waals surface area contributed by atoms with Crippen LogP contribution in [0.2, 0.25) is 0 Å². The van der Waals surface area contributed by atoms with E-state index in [1.54, 1.807) is 24.0 Å². The summed E-state index contributed by atoms with van der Waals surface area (Å²) >= 11 is 0. The fourth-order valence-corrected chi connectivity index (χ4v) is 13.3. The Labute approximate surface area is 292 Å². The molecule has 0 aromatic heterocycles. The van der Waals surface area contributed by atoms with Gasteiger partial charge in [-0.05, 0) is 0 Å². The molecule has 0 radical (unpaired) electrons. The molecule has 0 amide bonds. The van der Waals surface area contributed by atoms with Gasteiger partial charge in [-0.3, -0.25) is 0 Å². The van der Waals surface area contributed by atoms with Gasteiger partial charge in [-0.25, -0.2) is 0 Å². The van der Waals surface area contributed by atoms with Gasteiger partial charge in [0.05, 0.1) is 0 Å². The molecule has 0 N–H and O–H groups in total. The monoisotopic (exact) mass is 657 g/mol. The van der Waals surface area contributed by atoms with Crippen LogP contribution >= 0.6 is 7.26 Å². The first-order valence-corrected chi connectivity index (χ1v) is 24.2. The van der Waals surface area contributed by atoms with E-state index in [0.29, 0.717) is 0 Å². The average Bonchev–Trinajstić information content (AvgIpc) is 3.07. The van der Waals surface area contributed by atoms with Crippen LogP contribution in [-0.2, 0) is 6.16 Å². The first-order valence-electron chi connectivity index (χ1n) is 21.4. The van der Waals surface area contributed by atoms with Gasteiger partial charge in [-0.1, -0.05) is 0 Å². The number of hydrogen-bond acceptors (Lipinski definition) is 0. The quantitative estimate of drug-likeness (QED) is 0.0498. The van der Waals surface area contributed by atoms with Crippen molar-refractivity contribution in [3.8, 4) is 0 Å². The number of benzene rings is 1. The summed E-state index contributed by atoms with van der Waals surface area (Å²) in [4.78, 5) is 0. The van der Waals surface area contributed by atoms with E-state index >= 15 is 0 Å². The van der Waals surface area contributed by atoms with Crippen molar-refractivity contribution in [3.63, 3.8) is 0 Å². The summed E-state index contributed by atoms with van der Waals surface area (Å²) in [6.45, 7) is 11.2. The summed E-state index contributed by atoms with van der Waals surface area (Å²) in [6, 6.07) is 9.29. The molecule has 0 spiro atoms. The van der Waals surface area contributed by atoms with Crippen LogP contribution in [0.25, 0.3) is 6.08 Å². The van der Waals surface area contributed by atoms with Gasteiger partial charge in [0, 0.05) is 0 Å². The third-order valence-electron chi connectivity index (χ3n) is 11.0. The van der Waals surface area contributed by atoms with Crippen molar-refractivity contribution >= 4 is 13.3 Å². The minimum atomic E-state index is -1.40. The van der Waals surface area contributed by atoms with Gasteiger partial charge >= 0.3 is 293 Å². The topological polar surface area (TPSA) is 0 Å². The predicted octanol–water partition coefficient (Wildman–Crippen LogP) is 16.3. The van der Waals surface area contributed by atoms with Gasteiger partial charge in [-0.2, -0.15) is 0 Å². The molecule has 0 fully saturated rings. The first kappa shape index (κ1) is 43.4. The van der Waals surface area contributed by atoms with Crippen molar-refractivity contribution in [1.29, 1.82) is 0 Å². The second kappa shape index (κ2) is 32.9. The zero-order valence-corrected chi connectivity index (χ0v) is 33.1. The molecule has 1 heteroatoms. The Morgan fingerprint density at radius 1 is 0.413 bits per heavy atom. The van der Waals surface area contributed by atoms with Gasteiger partial charge in [-0.15, -0.1) is 0 Å². The Morgan fingerprint density at radius 3 is 1.00 bits per heavy atom. The summed E-state index contributed by atoms with van der Waals surface area (Å²) in [5, 5.41) is 0. The van der Waals surface area contributed by atoms with E-state index in [9.17, 15) is 0 Å². The van der Waals surface area contributed by atoms with Crippen molar-refractivity contribution in [2.45, 2.75) is 220 Å². The molecule has 270 valence electrons. The fourth-order valence-electron chi connectivity index (χ4n) is 7.90. The summed E-state index contributed by atoms with van der Waals surface area (Å²) in [5.74, 6) is 0. The van der Waals surface area contributed by atoms with E-state index in [4.69, 9.17) is 0 Å². The minimum absolute atomic E-state index is 1.36. The molecule has 0 aliphatic rings. The second-order valence-electron chi connectivity index (χ2n) is 15.4. The zero-order chi connectivity index (χ0) is 33.2. The molecule has 1 aromatic carbocycles. The molecule has 0 saturated heterocycles. The van der Waals surface area contributed by atoms with E-state index in [-0.39, 0.29) is 0 Å². The van der Waals surface area contributed by atoms with Crippen LogP contribution in [0.5, 0.6) is 0 Å². The molecule has 0 bridgehead atoms. The van der Waals surface area contributed by atoms with E-state index < -0.39 is 7.26 Å². The molecule has 46 heavy (non-hydrogen) atoms. The Morgan fingerprint density at radius 2 is 0.696 bits per heavy atom. The molecule has 0 aliphatic heterocycles. The van der Waals surface area contributed by atoms with Gasteiger partial charge in [0.1, 0.15) is 0 Å². The molecular formula is C45H85P. The van der Waals surface area contributed by atoms with Crippen molar-refractivity contribution in [1.82, 2.24) is 0 Å². The Balaban J connectivity index is 2.71. The van der Waals surface area contributed by atoms with Crippen LogP contribution in [0, 0.1) is 0 Å². The molecule has 0 saturated carbocycles. The van der Waals surface area contributed by atoms with Gasteiger partial charge in [0.15, 0.2) is 0 Å². The molecular weight excluding hydrogens is 571 g/mol. The van der Waals surface area contributed by atoms with Gasteiger partial charge in [0.25, 0.3) is 0 Å². The average molecular weight is 657 g/mol. The van der Waals surface area contributed by atoms with Crippen LogP contribution in [0.4, 0.5) is 0 Å². The molecule has 1 rings (SSSR count). The maximum absolute atomic E-state index is 4.22. The van der Waals surface area contributed by atoms with Crippen LogP contribution in [0.1, 0.15) is 225 Å². The predicted molar refractivity (Wildman–Crippen MR) is 219 cm³/mol. The third kappa shape index (κ3) is 24.5. The molecule has 1 aromatic rings. The SMILES string of the molecule is C=Cc1ccccc1C[PH](CCCCCCCCCCCC)(CCCCCCCCCCCC)CCCCCCCCCCCC. The van der Waals surface area contributed by atoms with Crippen molar-refractivity contribution < 1.29 is 0 Å². The Hall–Kier alpha value is -0.610. The number of hydrogen-bond donors (Lipinski definition) is 0. The maximum atomic E-state index is 4.22. The second-order valence-corrected chi connectivity index (χ2v) is 20.2. The number of rotatable bonds is 36. The zero-order valence-electron chi connectivity index (χ0n) is 32.1. The van der Waals surface area contributed by atoms with Crippen LogP contribution in [-0.4, -0.2) is 18.5 Å². The summed E-state index contributed by atoms with van der Waals surface area (Å²) in [7, 11) is -1.40. The summed E-state index contributed by atoms with van der Waals surface area (Å²) in [6.07, 6.45) is 51.9. The van der Waals surface area contributed by atoms with E-state index in [1.165, 1.54) is 204 Å². The van der Waals surface area contributed by atoms with Crippen LogP contribution in [0.3, 0.4) is 0 Å². The molecule has 0 nitrogen and oxygen atoms in total. The first-order chi connectivity index (χ1) is 22.7. The number of unbranched alkanes of at least 4 members (excludes halogenated alkanes) is 27.